The van der Waals surface area contributed by atoms with Crippen LogP contribution in [0.5, 0.6) is 0 Å². The molecule has 0 radical (unpaired) electrons. The standard InChI is InChI=1S/C22H25N3O/c1-3-15-25(16-4-2)19-12-10-18(11-13-19)22(26)24-20-9-5-7-17-8-6-14-23-21(17)20/h5-14H,3-4,15-16H2,1-2H3,(H,24,26). The summed E-state index contributed by atoms with van der Waals surface area (Å²) in [5.74, 6) is -0.118. The lowest BCUT2D eigenvalue weighted by Gasteiger charge is -2.23. The van der Waals surface area contributed by atoms with Gasteiger partial charge in [0.15, 0.2) is 0 Å². The maximum absolute atomic E-state index is 12.6. The molecule has 0 unspecified atom stereocenters. The van der Waals surface area contributed by atoms with Crippen LogP contribution in [0.25, 0.3) is 10.9 Å². The van der Waals surface area contributed by atoms with Crippen molar-refractivity contribution >= 4 is 28.2 Å². The van der Waals surface area contributed by atoms with Gasteiger partial charge in [0, 0.05) is 35.9 Å². The van der Waals surface area contributed by atoms with Crippen molar-refractivity contribution in [2.75, 3.05) is 23.3 Å². The summed E-state index contributed by atoms with van der Waals surface area (Å²) in [4.78, 5) is 19.4. The molecule has 1 amide bonds. The van der Waals surface area contributed by atoms with Gasteiger partial charge in [-0.15, -0.1) is 0 Å². The van der Waals surface area contributed by atoms with Crippen LogP contribution in [-0.4, -0.2) is 24.0 Å². The van der Waals surface area contributed by atoms with Crippen LogP contribution in [0, 0.1) is 0 Å². The third-order valence-electron chi connectivity index (χ3n) is 4.36. The average Bonchev–Trinajstić information content (AvgIpc) is 2.68. The summed E-state index contributed by atoms with van der Waals surface area (Å²) in [6.07, 6.45) is 3.95. The van der Waals surface area contributed by atoms with E-state index in [1.165, 1.54) is 0 Å². The van der Waals surface area contributed by atoms with E-state index in [4.69, 9.17) is 0 Å². The Morgan fingerprint density at radius 2 is 1.65 bits per heavy atom. The molecule has 0 bridgehead atoms. The Morgan fingerprint density at radius 3 is 2.35 bits per heavy atom. The minimum absolute atomic E-state index is 0.118. The molecule has 0 aliphatic heterocycles. The van der Waals surface area contributed by atoms with Gasteiger partial charge in [0.05, 0.1) is 11.2 Å². The Bertz CT molecular complexity index is 863. The molecule has 26 heavy (non-hydrogen) atoms. The molecule has 0 aliphatic carbocycles. The van der Waals surface area contributed by atoms with Gasteiger partial charge in [0.25, 0.3) is 5.91 Å². The number of para-hydroxylation sites is 1. The summed E-state index contributed by atoms with van der Waals surface area (Å²) in [6.45, 7) is 6.42. The predicted octanol–water partition coefficient (Wildman–Crippen LogP) is 5.11. The van der Waals surface area contributed by atoms with Gasteiger partial charge in [-0.1, -0.05) is 32.0 Å². The number of pyridine rings is 1. The highest BCUT2D eigenvalue weighted by Crippen LogP contribution is 2.22. The maximum Gasteiger partial charge on any atom is 0.255 e. The number of fused-ring (bicyclic) bond motifs is 1. The zero-order chi connectivity index (χ0) is 18.4. The molecular weight excluding hydrogens is 322 g/mol. The van der Waals surface area contributed by atoms with E-state index in [9.17, 15) is 4.79 Å². The highest BCUT2D eigenvalue weighted by atomic mass is 16.1. The van der Waals surface area contributed by atoms with E-state index in [2.05, 4.69) is 29.0 Å². The van der Waals surface area contributed by atoms with E-state index >= 15 is 0 Å². The Balaban J connectivity index is 1.77. The lowest BCUT2D eigenvalue weighted by Crippen LogP contribution is -2.24. The SMILES string of the molecule is CCCN(CCC)c1ccc(C(=O)Nc2cccc3cccnc23)cc1. The van der Waals surface area contributed by atoms with Crippen molar-refractivity contribution in [1.29, 1.82) is 0 Å². The lowest BCUT2D eigenvalue weighted by atomic mass is 10.1. The van der Waals surface area contributed by atoms with Gasteiger partial charge in [-0.25, -0.2) is 0 Å². The Labute approximate surface area is 154 Å². The van der Waals surface area contributed by atoms with Crippen LogP contribution in [0.3, 0.4) is 0 Å². The van der Waals surface area contributed by atoms with E-state index in [0.717, 1.165) is 48.2 Å². The fourth-order valence-corrected chi connectivity index (χ4v) is 3.13. The average molecular weight is 347 g/mol. The first-order valence-electron chi connectivity index (χ1n) is 9.23. The van der Waals surface area contributed by atoms with Crippen LogP contribution in [0.1, 0.15) is 37.0 Å². The number of nitrogens with one attached hydrogen (secondary N) is 1. The van der Waals surface area contributed by atoms with Gasteiger partial charge < -0.3 is 10.2 Å². The van der Waals surface area contributed by atoms with Crippen molar-refractivity contribution in [2.45, 2.75) is 26.7 Å². The van der Waals surface area contributed by atoms with Gasteiger partial charge in [-0.05, 0) is 49.2 Å². The second-order valence-corrected chi connectivity index (χ2v) is 6.37. The minimum atomic E-state index is -0.118. The number of amides is 1. The summed E-state index contributed by atoms with van der Waals surface area (Å²) in [5, 5.41) is 3.99. The van der Waals surface area contributed by atoms with Crippen molar-refractivity contribution in [2.24, 2.45) is 0 Å². The highest BCUT2D eigenvalue weighted by Gasteiger charge is 2.10. The molecule has 0 spiro atoms. The number of benzene rings is 2. The van der Waals surface area contributed by atoms with Crippen molar-refractivity contribution in [3.05, 3.63) is 66.4 Å². The van der Waals surface area contributed by atoms with Crippen LogP contribution in [0.2, 0.25) is 0 Å². The van der Waals surface area contributed by atoms with E-state index in [1.807, 2.05) is 54.6 Å². The van der Waals surface area contributed by atoms with Crippen molar-refractivity contribution < 1.29 is 4.79 Å². The van der Waals surface area contributed by atoms with Gasteiger partial charge in [0.2, 0.25) is 0 Å². The molecule has 1 aromatic heterocycles. The number of aromatic nitrogens is 1. The van der Waals surface area contributed by atoms with Crippen molar-refractivity contribution in [3.8, 4) is 0 Å². The molecule has 4 nitrogen and oxygen atoms in total. The van der Waals surface area contributed by atoms with Gasteiger partial charge in [0.1, 0.15) is 0 Å². The third kappa shape index (κ3) is 4.02. The predicted molar refractivity (Wildman–Crippen MR) is 109 cm³/mol. The van der Waals surface area contributed by atoms with E-state index in [-0.39, 0.29) is 5.91 Å². The molecule has 2 aromatic carbocycles. The molecule has 1 N–H and O–H groups in total. The lowest BCUT2D eigenvalue weighted by molar-refractivity contribution is 0.102. The Morgan fingerprint density at radius 1 is 0.962 bits per heavy atom. The molecule has 0 saturated heterocycles. The molecule has 3 aromatic rings. The molecule has 0 saturated carbocycles. The smallest absolute Gasteiger partial charge is 0.255 e. The molecule has 1 heterocycles. The third-order valence-corrected chi connectivity index (χ3v) is 4.36. The van der Waals surface area contributed by atoms with Crippen LogP contribution >= 0.6 is 0 Å². The Hall–Kier alpha value is -2.88. The number of carbonyl (C=O) groups is 1. The largest absolute Gasteiger partial charge is 0.372 e. The number of nitrogens with zero attached hydrogens (tertiary/aromatic N) is 2. The quantitative estimate of drug-likeness (QED) is 0.646. The second-order valence-electron chi connectivity index (χ2n) is 6.37. The summed E-state index contributed by atoms with van der Waals surface area (Å²) in [6, 6.07) is 17.5. The number of hydrogen-bond acceptors (Lipinski definition) is 3. The summed E-state index contributed by atoms with van der Waals surface area (Å²) in [7, 11) is 0. The highest BCUT2D eigenvalue weighted by molar-refractivity contribution is 6.08. The van der Waals surface area contributed by atoms with E-state index in [0.29, 0.717) is 5.56 Å². The maximum atomic E-state index is 12.6. The Kier molecular flexibility index (Phi) is 5.84. The molecule has 0 fully saturated rings. The van der Waals surface area contributed by atoms with Crippen LogP contribution < -0.4 is 10.2 Å². The van der Waals surface area contributed by atoms with Crippen molar-refractivity contribution in [3.63, 3.8) is 0 Å². The molecule has 134 valence electrons. The van der Waals surface area contributed by atoms with Crippen LogP contribution in [0.4, 0.5) is 11.4 Å². The first-order chi connectivity index (χ1) is 12.7. The number of rotatable bonds is 7. The molecule has 4 heteroatoms. The zero-order valence-corrected chi connectivity index (χ0v) is 15.4. The van der Waals surface area contributed by atoms with Crippen LogP contribution in [-0.2, 0) is 0 Å². The number of anilines is 2. The van der Waals surface area contributed by atoms with E-state index < -0.39 is 0 Å². The van der Waals surface area contributed by atoms with Gasteiger partial charge >= 0.3 is 0 Å². The monoisotopic (exact) mass is 347 g/mol. The molecule has 0 aliphatic rings. The second kappa shape index (κ2) is 8.48. The minimum Gasteiger partial charge on any atom is -0.372 e. The zero-order valence-electron chi connectivity index (χ0n) is 15.4. The molecule has 0 atom stereocenters. The van der Waals surface area contributed by atoms with Crippen LogP contribution in [0.15, 0.2) is 60.8 Å². The normalized spacial score (nSPS) is 10.7. The fraction of sp³-hybridized carbons (Fsp3) is 0.273. The summed E-state index contributed by atoms with van der Waals surface area (Å²) < 4.78 is 0. The topological polar surface area (TPSA) is 45.2 Å². The first kappa shape index (κ1) is 17.9. The fourth-order valence-electron chi connectivity index (χ4n) is 3.13. The van der Waals surface area contributed by atoms with E-state index in [1.54, 1.807) is 6.20 Å². The van der Waals surface area contributed by atoms with Gasteiger partial charge in [-0.2, -0.15) is 0 Å². The first-order valence-corrected chi connectivity index (χ1v) is 9.23. The number of hydrogen-bond donors (Lipinski definition) is 1. The van der Waals surface area contributed by atoms with Crippen molar-refractivity contribution in [1.82, 2.24) is 4.98 Å². The summed E-state index contributed by atoms with van der Waals surface area (Å²) in [5.41, 5.74) is 3.35. The summed E-state index contributed by atoms with van der Waals surface area (Å²) >= 11 is 0. The van der Waals surface area contributed by atoms with Gasteiger partial charge in [-0.3, -0.25) is 9.78 Å². The molecular formula is C22H25N3O. The number of carbonyl (C=O) groups excluding carboxylic acids is 1. The molecule has 3 rings (SSSR count).